The van der Waals surface area contributed by atoms with E-state index in [2.05, 4.69) is 49.5 Å². The Labute approximate surface area is 130 Å². The highest BCUT2D eigenvalue weighted by molar-refractivity contribution is 5.15. The molecule has 1 aromatic carbocycles. The Morgan fingerprint density at radius 2 is 1.81 bits per heavy atom. The second-order valence-electron chi connectivity index (χ2n) is 6.82. The van der Waals surface area contributed by atoms with Crippen molar-refractivity contribution < 1.29 is 4.74 Å². The lowest BCUT2D eigenvalue weighted by Gasteiger charge is -2.18. The molecule has 1 atom stereocenters. The van der Waals surface area contributed by atoms with Gasteiger partial charge >= 0.3 is 0 Å². The summed E-state index contributed by atoms with van der Waals surface area (Å²) < 4.78 is 5.81. The van der Waals surface area contributed by atoms with Gasteiger partial charge in [-0.3, -0.25) is 0 Å². The number of ether oxygens (including phenoxy) is 1. The first-order valence-electron chi connectivity index (χ1n) is 8.59. The molecule has 0 amide bonds. The maximum absolute atomic E-state index is 5.81. The largest absolute Gasteiger partial charge is 0.381 e. The second-order valence-corrected chi connectivity index (χ2v) is 6.82. The molecular weight excluding hydrogens is 258 g/mol. The predicted octanol–water partition coefficient (Wildman–Crippen LogP) is 4.05. The lowest BCUT2D eigenvalue weighted by molar-refractivity contribution is 0.110. The normalized spacial score (nSPS) is 16.3. The highest BCUT2D eigenvalue weighted by atomic mass is 16.5. The third-order valence-corrected chi connectivity index (χ3v) is 4.15. The highest BCUT2D eigenvalue weighted by Gasteiger charge is 2.21. The molecule has 0 bridgehead atoms. The molecular formula is C19H31NO. The van der Waals surface area contributed by atoms with E-state index < -0.39 is 0 Å². The van der Waals surface area contributed by atoms with Crippen molar-refractivity contribution in [3.05, 3.63) is 35.9 Å². The fourth-order valence-corrected chi connectivity index (χ4v) is 2.52. The van der Waals surface area contributed by atoms with Crippen molar-refractivity contribution in [2.24, 2.45) is 11.8 Å². The number of hydrogen-bond donors (Lipinski definition) is 1. The third kappa shape index (κ3) is 7.63. The lowest BCUT2D eigenvalue weighted by atomic mass is 9.96. The Kier molecular flexibility index (Phi) is 7.25. The fourth-order valence-electron chi connectivity index (χ4n) is 2.52. The number of rotatable bonds is 11. The molecule has 118 valence electrons. The van der Waals surface area contributed by atoms with Gasteiger partial charge in [-0.2, -0.15) is 0 Å². The Morgan fingerprint density at radius 3 is 2.48 bits per heavy atom. The van der Waals surface area contributed by atoms with Gasteiger partial charge in [0.15, 0.2) is 0 Å². The van der Waals surface area contributed by atoms with Crippen molar-refractivity contribution in [3.63, 3.8) is 0 Å². The fraction of sp³-hybridized carbons (Fsp3) is 0.684. The summed E-state index contributed by atoms with van der Waals surface area (Å²) in [6.07, 6.45) is 6.22. The van der Waals surface area contributed by atoms with Gasteiger partial charge in [0.05, 0.1) is 0 Å². The van der Waals surface area contributed by atoms with Crippen LogP contribution in [0.4, 0.5) is 0 Å². The van der Waals surface area contributed by atoms with Crippen LogP contribution < -0.4 is 5.32 Å². The van der Waals surface area contributed by atoms with Crippen LogP contribution >= 0.6 is 0 Å². The van der Waals surface area contributed by atoms with Gasteiger partial charge in [-0.25, -0.2) is 0 Å². The zero-order valence-corrected chi connectivity index (χ0v) is 13.7. The molecule has 1 N–H and O–H groups in total. The van der Waals surface area contributed by atoms with Gasteiger partial charge in [0.1, 0.15) is 0 Å². The number of nitrogens with one attached hydrogen (secondary N) is 1. The minimum Gasteiger partial charge on any atom is -0.381 e. The molecule has 0 radical (unpaired) electrons. The van der Waals surface area contributed by atoms with Crippen LogP contribution in [-0.2, 0) is 11.2 Å². The first-order valence-corrected chi connectivity index (χ1v) is 8.59. The highest BCUT2D eigenvalue weighted by Crippen LogP contribution is 2.20. The summed E-state index contributed by atoms with van der Waals surface area (Å²) in [5.41, 5.74) is 1.45. The van der Waals surface area contributed by atoms with Crippen molar-refractivity contribution in [3.8, 4) is 0 Å². The average Bonchev–Trinajstić information content (AvgIpc) is 3.29. The van der Waals surface area contributed by atoms with Gasteiger partial charge in [0.2, 0.25) is 0 Å². The molecule has 0 heterocycles. The van der Waals surface area contributed by atoms with E-state index in [4.69, 9.17) is 4.74 Å². The van der Waals surface area contributed by atoms with Crippen molar-refractivity contribution in [2.45, 2.75) is 52.0 Å². The summed E-state index contributed by atoms with van der Waals surface area (Å²) in [5.74, 6) is 1.42. The van der Waals surface area contributed by atoms with Gasteiger partial charge in [0, 0.05) is 19.3 Å². The molecule has 21 heavy (non-hydrogen) atoms. The van der Waals surface area contributed by atoms with Gasteiger partial charge in [-0.05, 0) is 56.0 Å². The first-order chi connectivity index (χ1) is 10.2. The van der Waals surface area contributed by atoms with Gasteiger partial charge < -0.3 is 10.1 Å². The average molecular weight is 289 g/mol. The molecule has 0 aromatic heterocycles. The molecule has 1 aromatic rings. The number of benzene rings is 1. The third-order valence-electron chi connectivity index (χ3n) is 4.15. The first kappa shape index (κ1) is 16.5. The maximum Gasteiger partial charge on any atom is 0.0469 e. The standard InChI is InChI=1S/C19H31NO/c1-16(2)10-12-21-13-11-18(15-20-19-8-9-19)14-17-6-4-3-5-7-17/h3-7,16,18-20H,8-15H2,1-2H3. The molecule has 1 fully saturated rings. The van der Waals surface area contributed by atoms with Crippen molar-refractivity contribution >= 4 is 0 Å². The maximum atomic E-state index is 5.81. The summed E-state index contributed by atoms with van der Waals surface area (Å²) in [6.45, 7) is 7.44. The van der Waals surface area contributed by atoms with E-state index >= 15 is 0 Å². The van der Waals surface area contributed by atoms with E-state index in [1.54, 1.807) is 0 Å². The lowest BCUT2D eigenvalue weighted by Crippen LogP contribution is -2.27. The van der Waals surface area contributed by atoms with E-state index in [-0.39, 0.29) is 0 Å². The SMILES string of the molecule is CC(C)CCOCCC(CNC1CC1)Cc1ccccc1. The summed E-state index contributed by atoms with van der Waals surface area (Å²) >= 11 is 0. The van der Waals surface area contributed by atoms with Crippen LogP contribution in [0.15, 0.2) is 30.3 Å². The zero-order chi connectivity index (χ0) is 14.9. The van der Waals surface area contributed by atoms with Crippen LogP contribution in [0.3, 0.4) is 0 Å². The Bertz CT molecular complexity index is 372. The monoisotopic (exact) mass is 289 g/mol. The minimum absolute atomic E-state index is 0.687. The van der Waals surface area contributed by atoms with Crippen LogP contribution in [0, 0.1) is 11.8 Å². The van der Waals surface area contributed by atoms with Crippen molar-refractivity contribution in [1.29, 1.82) is 0 Å². The summed E-state index contributed by atoms with van der Waals surface area (Å²) in [7, 11) is 0. The van der Waals surface area contributed by atoms with E-state index in [0.29, 0.717) is 5.92 Å². The molecule has 0 aliphatic heterocycles. The quantitative estimate of drug-likeness (QED) is 0.621. The van der Waals surface area contributed by atoms with Crippen molar-refractivity contribution in [2.75, 3.05) is 19.8 Å². The van der Waals surface area contributed by atoms with E-state index in [1.807, 2.05) is 0 Å². The summed E-state index contributed by atoms with van der Waals surface area (Å²) in [6, 6.07) is 11.6. The van der Waals surface area contributed by atoms with Gasteiger partial charge in [-0.15, -0.1) is 0 Å². The van der Waals surface area contributed by atoms with Crippen molar-refractivity contribution in [1.82, 2.24) is 5.32 Å². The van der Waals surface area contributed by atoms with E-state index in [9.17, 15) is 0 Å². The molecule has 2 heteroatoms. The molecule has 1 unspecified atom stereocenters. The molecule has 2 nitrogen and oxygen atoms in total. The van der Waals surface area contributed by atoms with Crippen LogP contribution in [0.1, 0.15) is 45.1 Å². The molecule has 0 saturated heterocycles. The smallest absolute Gasteiger partial charge is 0.0469 e. The van der Waals surface area contributed by atoms with E-state index in [1.165, 1.54) is 24.8 Å². The zero-order valence-electron chi connectivity index (χ0n) is 13.7. The van der Waals surface area contributed by atoms with Crippen LogP contribution in [0.25, 0.3) is 0 Å². The molecule has 2 rings (SSSR count). The minimum atomic E-state index is 0.687. The Balaban J connectivity index is 1.69. The van der Waals surface area contributed by atoms with Gasteiger partial charge in [0.25, 0.3) is 0 Å². The summed E-state index contributed by atoms with van der Waals surface area (Å²) in [5, 5.41) is 3.68. The molecule has 1 aliphatic rings. The van der Waals surface area contributed by atoms with Crippen LogP contribution in [-0.4, -0.2) is 25.8 Å². The molecule has 1 saturated carbocycles. The number of hydrogen-bond acceptors (Lipinski definition) is 2. The Hall–Kier alpha value is -0.860. The predicted molar refractivity (Wildman–Crippen MR) is 89.6 cm³/mol. The second kappa shape index (κ2) is 9.22. The Morgan fingerprint density at radius 1 is 1.10 bits per heavy atom. The van der Waals surface area contributed by atoms with Crippen LogP contribution in [0.2, 0.25) is 0 Å². The van der Waals surface area contributed by atoms with Crippen LogP contribution in [0.5, 0.6) is 0 Å². The molecule has 1 aliphatic carbocycles. The van der Waals surface area contributed by atoms with E-state index in [0.717, 1.165) is 44.6 Å². The molecule has 0 spiro atoms. The van der Waals surface area contributed by atoms with Gasteiger partial charge in [-0.1, -0.05) is 44.2 Å². The summed E-state index contributed by atoms with van der Waals surface area (Å²) in [4.78, 5) is 0. The topological polar surface area (TPSA) is 21.3 Å².